The molecule has 0 fully saturated rings. The molecule has 8 heteroatoms. The van der Waals surface area contributed by atoms with E-state index in [0.717, 1.165) is 125 Å². The molecule has 0 amide bonds. The number of benzene rings is 9. The van der Waals surface area contributed by atoms with E-state index >= 15 is 0 Å². The van der Waals surface area contributed by atoms with Crippen LogP contribution in [0.2, 0.25) is 0 Å². The number of pyridine rings is 1. The number of nitriles is 1. The van der Waals surface area contributed by atoms with Crippen LogP contribution in [-0.4, -0.2) is 23.1 Å². The second kappa shape index (κ2) is 15.6. The van der Waals surface area contributed by atoms with Crippen molar-refractivity contribution in [3.8, 4) is 57.0 Å². The summed E-state index contributed by atoms with van der Waals surface area (Å²) in [6, 6.07) is 75.0. The number of fused-ring (bicyclic) bond motifs is 10. The van der Waals surface area contributed by atoms with Crippen molar-refractivity contribution >= 4 is 70.9 Å². The minimum absolute atomic E-state index is 0.653. The van der Waals surface area contributed by atoms with E-state index in [1.165, 1.54) is 0 Å². The zero-order chi connectivity index (χ0) is 46.6. The predicted octanol–water partition coefficient (Wildman–Crippen LogP) is 15.4. The average molecular weight is 1080 g/mol. The summed E-state index contributed by atoms with van der Waals surface area (Å²) in [7, 11) is 0. The first-order valence-electron chi connectivity index (χ1n) is 23.2. The number of aryl methyl sites for hydroxylation is 1. The fourth-order valence-electron chi connectivity index (χ4n) is 10.9. The number of aromatic nitrogens is 5. The first-order chi connectivity index (χ1) is 34.5. The Hall–Kier alpha value is -8.82. The van der Waals surface area contributed by atoms with Crippen LogP contribution in [0.25, 0.3) is 110 Å². The molecule has 5 aromatic heterocycles. The van der Waals surface area contributed by atoms with Crippen LogP contribution < -0.4 is 4.74 Å². The van der Waals surface area contributed by atoms with Gasteiger partial charge in [0.05, 0.1) is 28.2 Å². The molecule has 332 valence electrons. The smallest absolute Gasteiger partial charge is 0.0621 e. The fraction of sp³-hybridized carbons (Fsp3) is 0.0161. The molecule has 7 nitrogen and oxygen atoms in total. The molecule has 0 aliphatic rings. The zero-order valence-corrected chi connectivity index (χ0v) is 39.9. The van der Waals surface area contributed by atoms with Crippen molar-refractivity contribution in [2.75, 3.05) is 0 Å². The maximum atomic E-state index is 10.2. The van der Waals surface area contributed by atoms with Gasteiger partial charge in [0.1, 0.15) is 0 Å². The van der Waals surface area contributed by atoms with Gasteiger partial charge in [-0.05, 0) is 36.8 Å². The Morgan fingerprint density at radius 3 is 1.81 bits per heavy atom. The number of hydrogen-bond acceptors (Lipinski definition) is 3. The Kier molecular flexibility index (Phi) is 8.98. The van der Waals surface area contributed by atoms with Gasteiger partial charge in [-0.2, -0.15) is 5.26 Å². The van der Waals surface area contributed by atoms with Crippen LogP contribution in [0.5, 0.6) is 11.5 Å². The van der Waals surface area contributed by atoms with Crippen molar-refractivity contribution in [1.82, 2.24) is 23.1 Å². The van der Waals surface area contributed by atoms with Gasteiger partial charge in [0.25, 0.3) is 0 Å². The van der Waals surface area contributed by atoms with Crippen LogP contribution in [0.3, 0.4) is 0 Å². The third kappa shape index (κ3) is 6.04. The molecular formula is C62H38N6OPt. The second-order valence-corrected chi connectivity index (χ2v) is 18.9. The van der Waals surface area contributed by atoms with Gasteiger partial charge in [0.2, 0.25) is 0 Å². The monoisotopic (exact) mass is 1080 g/mol. The van der Waals surface area contributed by atoms with E-state index in [4.69, 9.17) is 9.72 Å². The summed E-state index contributed by atoms with van der Waals surface area (Å²) >= 11 is 2.49. The van der Waals surface area contributed by atoms with E-state index in [1.54, 1.807) is 0 Å². The SMILES string of the molecule is Cc1ccnc(-n2c3cc(Oc4cccc(-n5[c](=[Pt])n(-c6c(-c7ccccc7)cccc6-c6ccccc6)c6ccccc65)c4)ccc3c3cc4c5cc(C#N)cc6c7ccccc7n(c4cc32)c65)c1. The van der Waals surface area contributed by atoms with Gasteiger partial charge in [-0.25, -0.2) is 0 Å². The van der Waals surface area contributed by atoms with Crippen molar-refractivity contribution in [2.45, 2.75) is 6.92 Å². The van der Waals surface area contributed by atoms with E-state index in [9.17, 15) is 5.26 Å². The minimum atomic E-state index is 0.653. The van der Waals surface area contributed by atoms with Gasteiger partial charge >= 0.3 is 294 Å². The van der Waals surface area contributed by atoms with Crippen molar-refractivity contribution in [2.24, 2.45) is 0 Å². The number of imidazole rings is 1. The van der Waals surface area contributed by atoms with Crippen LogP contribution in [0, 0.1) is 22.1 Å². The summed E-state index contributed by atoms with van der Waals surface area (Å²) in [4.78, 5) is 4.95. The van der Waals surface area contributed by atoms with Crippen LogP contribution in [0.4, 0.5) is 0 Å². The van der Waals surface area contributed by atoms with Gasteiger partial charge in [-0.15, -0.1) is 0 Å². The molecule has 0 N–H and O–H groups in total. The van der Waals surface area contributed by atoms with Crippen molar-refractivity contribution in [3.63, 3.8) is 0 Å². The molecular weight excluding hydrogens is 1040 g/mol. The van der Waals surface area contributed by atoms with E-state index in [-0.39, 0.29) is 0 Å². The van der Waals surface area contributed by atoms with Crippen molar-refractivity contribution in [1.29, 1.82) is 5.26 Å². The van der Waals surface area contributed by atoms with E-state index in [1.807, 2.05) is 30.5 Å². The Bertz CT molecular complexity index is 4500. The molecule has 0 spiro atoms. The van der Waals surface area contributed by atoms with Gasteiger partial charge in [-0.1, -0.05) is 18.2 Å². The summed E-state index contributed by atoms with van der Waals surface area (Å²) in [5.74, 6) is 2.26. The van der Waals surface area contributed by atoms with E-state index < -0.39 is 0 Å². The van der Waals surface area contributed by atoms with Crippen LogP contribution >= 0.6 is 0 Å². The topological polar surface area (TPSA) is 65.1 Å². The van der Waals surface area contributed by atoms with Gasteiger partial charge < -0.3 is 4.40 Å². The molecule has 0 saturated heterocycles. The molecule has 9 aromatic carbocycles. The first kappa shape index (κ1) is 40.3. The minimum Gasteiger partial charge on any atom is 0.0621 e. The maximum absolute atomic E-state index is 10.2. The molecule has 0 saturated carbocycles. The third-order valence-electron chi connectivity index (χ3n) is 13.9. The number of rotatable bonds is 7. The number of hydrogen-bond donors (Lipinski definition) is 0. The Morgan fingerprint density at radius 2 is 1.09 bits per heavy atom. The van der Waals surface area contributed by atoms with E-state index in [2.05, 4.69) is 232 Å². The van der Waals surface area contributed by atoms with Gasteiger partial charge in [0.15, 0.2) is 0 Å². The number of nitrogens with zero attached hydrogens (tertiary/aromatic N) is 6. The Labute approximate surface area is 412 Å². The zero-order valence-electron chi connectivity index (χ0n) is 37.6. The molecule has 0 atom stereocenters. The number of ether oxygens (including phenoxy) is 1. The quantitative estimate of drug-likeness (QED) is 0.160. The fourth-order valence-corrected chi connectivity index (χ4v) is 12.0. The molecule has 0 aliphatic carbocycles. The predicted molar refractivity (Wildman–Crippen MR) is 279 cm³/mol. The third-order valence-corrected chi connectivity index (χ3v) is 14.9. The normalized spacial score (nSPS) is 11.9. The van der Waals surface area contributed by atoms with Crippen LogP contribution in [0.15, 0.2) is 212 Å². The van der Waals surface area contributed by atoms with Crippen LogP contribution in [0.1, 0.15) is 11.1 Å². The molecule has 14 rings (SSSR count). The Morgan fingerprint density at radius 1 is 0.471 bits per heavy atom. The van der Waals surface area contributed by atoms with E-state index in [0.29, 0.717) is 11.3 Å². The molecule has 0 bridgehead atoms. The average Bonchev–Trinajstić information content (AvgIpc) is 4.11. The first-order valence-corrected chi connectivity index (χ1v) is 24.4. The van der Waals surface area contributed by atoms with Gasteiger partial charge in [-0.3, -0.25) is 0 Å². The second-order valence-electron chi connectivity index (χ2n) is 17.9. The molecule has 5 heterocycles. The molecule has 14 aromatic rings. The molecule has 70 heavy (non-hydrogen) atoms. The van der Waals surface area contributed by atoms with Crippen molar-refractivity contribution < 1.29 is 24.1 Å². The Balaban J connectivity index is 0.933. The summed E-state index contributed by atoms with van der Waals surface area (Å²) in [6.45, 7) is 2.10. The summed E-state index contributed by atoms with van der Waals surface area (Å²) < 4.78 is 17.3. The summed E-state index contributed by atoms with van der Waals surface area (Å²) in [5, 5.41) is 16.8. The van der Waals surface area contributed by atoms with Gasteiger partial charge in [0, 0.05) is 27.7 Å². The molecule has 0 unspecified atom stereocenters. The molecule has 0 radical (unpaired) electrons. The van der Waals surface area contributed by atoms with Crippen molar-refractivity contribution in [3.05, 3.63) is 227 Å². The standard InChI is InChI=1S/C62H38N6O.Pt/c1-39-28-29-64-60(30-39)67-57-34-45(26-27-49(57)50-35-51-53-32-40(37-63)31-52-48-20-8-9-23-54(48)68(62(52)53)59(51)36-58(50)67)69-44-19-12-18-43(33-44)65-38-66(56-25-11-10-24-55(56)65)61-46(41-14-4-2-5-15-41)21-13-22-47(61)42-16-6-3-7-17-42;/h2-36H,1H3;. The number of para-hydroxylation sites is 4. The summed E-state index contributed by atoms with van der Waals surface area (Å²) in [6.07, 6.45) is 1.88. The molecule has 0 aliphatic heterocycles. The summed E-state index contributed by atoms with van der Waals surface area (Å²) in [5.41, 5.74) is 16.0. The van der Waals surface area contributed by atoms with Crippen LogP contribution in [-0.2, 0) is 19.4 Å².